The summed E-state index contributed by atoms with van der Waals surface area (Å²) in [5.74, 6) is -0.433. The van der Waals surface area contributed by atoms with Gasteiger partial charge < -0.3 is 5.73 Å². The number of hydrogen-bond acceptors (Lipinski definition) is 3. The maximum Gasteiger partial charge on any atom is 0.142 e. The SMILES string of the molecule is NC(Cc1ccc(Cl)c(F)c1)c1cnn2ccncc12. The van der Waals surface area contributed by atoms with Gasteiger partial charge in [-0.1, -0.05) is 17.7 Å². The Balaban J connectivity index is 1.89. The van der Waals surface area contributed by atoms with Gasteiger partial charge in [-0.3, -0.25) is 4.98 Å². The minimum atomic E-state index is -0.433. The molecule has 0 saturated heterocycles. The van der Waals surface area contributed by atoms with Crippen LogP contribution in [0.4, 0.5) is 4.39 Å². The molecule has 6 heteroatoms. The molecule has 0 fully saturated rings. The molecule has 0 saturated carbocycles. The van der Waals surface area contributed by atoms with Crippen molar-refractivity contribution in [3.8, 4) is 0 Å². The van der Waals surface area contributed by atoms with Crippen molar-refractivity contribution >= 4 is 17.1 Å². The molecule has 102 valence electrons. The van der Waals surface area contributed by atoms with E-state index in [9.17, 15) is 4.39 Å². The number of aromatic nitrogens is 3. The van der Waals surface area contributed by atoms with Crippen LogP contribution < -0.4 is 5.73 Å². The van der Waals surface area contributed by atoms with E-state index in [-0.39, 0.29) is 11.1 Å². The fraction of sp³-hybridized carbons (Fsp3) is 0.143. The maximum atomic E-state index is 13.4. The van der Waals surface area contributed by atoms with Gasteiger partial charge >= 0.3 is 0 Å². The van der Waals surface area contributed by atoms with Gasteiger partial charge in [0.1, 0.15) is 5.82 Å². The van der Waals surface area contributed by atoms with Gasteiger partial charge in [-0.15, -0.1) is 0 Å². The van der Waals surface area contributed by atoms with Gasteiger partial charge in [-0.25, -0.2) is 8.91 Å². The summed E-state index contributed by atoms with van der Waals surface area (Å²) in [7, 11) is 0. The van der Waals surface area contributed by atoms with Crippen LogP contribution in [0.5, 0.6) is 0 Å². The average molecular weight is 291 g/mol. The first-order valence-electron chi connectivity index (χ1n) is 6.12. The standard InChI is InChI=1S/C14H12ClFN4/c15-11-2-1-9(5-12(11)16)6-13(17)10-7-19-20-4-3-18-8-14(10)20/h1-5,7-8,13H,6,17H2. The first-order chi connectivity index (χ1) is 9.65. The van der Waals surface area contributed by atoms with E-state index in [2.05, 4.69) is 10.1 Å². The smallest absolute Gasteiger partial charge is 0.142 e. The lowest BCUT2D eigenvalue weighted by molar-refractivity contribution is 0.622. The summed E-state index contributed by atoms with van der Waals surface area (Å²) in [6.07, 6.45) is 7.35. The molecule has 3 rings (SSSR count). The first kappa shape index (κ1) is 13.0. The van der Waals surface area contributed by atoms with Gasteiger partial charge in [0.2, 0.25) is 0 Å². The van der Waals surface area contributed by atoms with Gasteiger partial charge in [0, 0.05) is 24.0 Å². The highest BCUT2D eigenvalue weighted by atomic mass is 35.5. The van der Waals surface area contributed by atoms with Crippen LogP contribution in [-0.2, 0) is 6.42 Å². The zero-order valence-electron chi connectivity index (χ0n) is 10.5. The lowest BCUT2D eigenvalue weighted by atomic mass is 10.0. The Hall–Kier alpha value is -1.98. The topological polar surface area (TPSA) is 56.2 Å². The molecule has 1 atom stereocenters. The normalized spacial score (nSPS) is 12.8. The molecule has 2 N–H and O–H groups in total. The molecule has 0 aliphatic rings. The molecular formula is C14H12ClFN4. The van der Waals surface area contributed by atoms with Crippen molar-refractivity contribution in [1.82, 2.24) is 14.6 Å². The molecule has 0 bridgehead atoms. The molecule has 1 unspecified atom stereocenters. The third kappa shape index (κ3) is 2.37. The third-order valence-electron chi connectivity index (χ3n) is 3.19. The van der Waals surface area contributed by atoms with Gasteiger partial charge in [-0.2, -0.15) is 5.10 Å². The molecule has 0 radical (unpaired) electrons. The number of hydrogen-bond donors (Lipinski definition) is 1. The van der Waals surface area contributed by atoms with E-state index in [0.29, 0.717) is 6.42 Å². The number of halogens is 2. The molecule has 0 aliphatic heterocycles. The van der Waals surface area contributed by atoms with Crippen LogP contribution in [0.2, 0.25) is 5.02 Å². The number of nitrogens with two attached hydrogens (primary N) is 1. The molecule has 3 aromatic rings. The van der Waals surface area contributed by atoms with Gasteiger partial charge in [0.05, 0.1) is 22.9 Å². The summed E-state index contributed by atoms with van der Waals surface area (Å²) in [4.78, 5) is 4.07. The van der Waals surface area contributed by atoms with Crippen molar-refractivity contribution in [2.75, 3.05) is 0 Å². The summed E-state index contributed by atoms with van der Waals surface area (Å²) in [6.45, 7) is 0. The second-order valence-corrected chi connectivity index (χ2v) is 4.97. The van der Waals surface area contributed by atoms with Crippen LogP contribution in [-0.4, -0.2) is 14.6 Å². The van der Waals surface area contributed by atoms with Crippen molar-refractivity contribution < 1.29 is 4.39 Å². The highest BCUT2D eigenvalue weighted by Crippen LogP contribution is 2.22. The monoisotopic (exact) mass is 290 g/mol. The Bertz CT molecular complexity index is 756. The largest absolute Gasteiger partial charge is 0.324 e. The Kier molecular flexibility index (Phi) is 3.38. The first-order valence-corrected chi connectivity index (χ1v) is 6.49. The summed E-state index contributed by atoms with van der Waals surface area (Å²) >= 11 is 5.67. The van der Waals surface area contributed by atoms with Crippen molar-refractivity contribution in [2.24, 2.45) is 5.73 Å². The van der Waals surface area contributed by atoms with Gasteiger partial charge in [0.25, 0.3) is 0 Å². The lowest BCUT2D eigenvalue weighted by Crippen LogP contribution is -2.13. The summed E-state index contributed by atoms with van der Waals surface area (Å²) in [5, 5.41) is 4.33. The Morgan fingerprint density at radius 1 is 1.35 bits per heavy atom. The quantitative estimate of drug-likeness (QED) is 0.807. The number of benzene rings is 1. The zero-order chi connectivity index (χ0) is 14.1. The van der Waals surface area contributed by atoms with Crippen LogP contribution in [0.15, 0.2) is 43.0 Å². The fourth-order valence-electron chi connectivity index (χ4n) is 2.17. The Labute approximate surface area is 120 Å². The highest BCUT2D eigenvalue weighted by Gasteiger charge is 2.14. The summed E-state index contributed by atoms with van der Waals surface area (Å²) in [6, 6.07) is 4.44. The minimum absolute atomic E-state index is 0.113. The van der Waals surface area contributed by atoms with E-state index in [1.165, 1.54) is 12.1 Å². The second kappa shape index (κ2) is 5.19. The third-order valence-corrected chi connectivity index (χ3v) is 3.50. The molecule has 1 aromatic carbocycles. The Morgan fingerprint density at radius 2 is 2.20 bits per heavy atom. The lowest BCUT2D eigenvalue weighted by Gasteiger charge is -2.10. The fourth-order valence-corrected chi connectivity index (χ4v) is 2.29. The van der Waals surface area contributed by atoms with Gasteiger partial charge in [-0.05, 0) is 24.1 Å². The van der Waals surface area contributed by atoms with E-state index >= 15 is 0 Å². The van der Waals surface area contributed by atoms with Crippen molar-refractivity contribution in [3.05, 3.63) is 65.0 Å². The highest BCUT2D eigenvalue weighted by molar-refractivity contribution is 6.30. The van der Waals surface area contributed by atoms with E-state index < -0.39 is 5.82 Å². The molecule has 4 nitrogen and oxygen atoms in total. The number of nitrogens with zero attached hydrogens (tertiary/aromatic N) is 3. The van der Waals surface area contributed by atoms with Crippen LogP contribution in [0.3, 0.4) is 0 Å². The number of rotatable bonds is 3. The summed E-state index contributed by atoms with van der Waals surface area (Å²) in [5.41, 5.74) is 8.72. The van der Waals surface area contributed by atoms with Crippen LogP contribution in [0, 0.1) is 5.82 Å². The minimum Gasteiger partial charge on any atom is -0.324 e. The van der Waals surface area contributed by atoms with E-state index in [0.717, 1.165) is 16.6 Å². The molecular weight excluding hydrogens is 279 g/mol. The summed E-state index contributed by atoms with van der Waals surface area (Å²) < 4.78 is 15.1. The maximum absolute atomic E-state index is 13.4. The van der Waals surface area contributed by atoms with E-state index in [4.69, 9.17) is 17.3 Å². The Morgan fingerprint density at radius 3 is 3.00 bits per heavy atom. The second-order valence-electron chi connectivity index (χ2n) is 4.57. The average Bonchev–Trinajstić information content (AvgIpc) is 2.87. The van der Waals surface area contributed by atoms with Crippen molar-refractivity contribution in [1.29, 1.82) is 0 Å². The van der Waals surface area contributed by atoms with Crippen LogP contribution in [0.25, 0.3) is 5.52 Å². The predicted octanol–water partition coefficient (Wildman–Crippen LogP) is 2.76. The molecule has 2 heterocycles. The van der Waals surface area contributed by atoms with Crippen molar-refractivity contribution in [2.45, 2.75) is 12.5 Å². The van der Waals surface area contributed by atoms with Crippen LogP contribution in [0.1, 0.15) is 17.2 Å². The molecule has 20 heavy (non-hydrogen) atoms. The van der Waals surface area contributed by atoms with Crippen molar-refractivity contribution in [3.63, 3.8) is 0 Å². The zero-order valence-corrected chi connectivity index (χ0v) is 11.3. The molecule has 0 amide bonds. The molecule has 2 aromatic heterocycles. The van der Waals surface area contributed by atoms with E-state index in [1.54, 1.807) is 35.4 Å². The van der Waals surface area contributed by atoms with E-state index in [1.807, 2.05) is 0 Å². The molecule has 0 spiro atoms. The predicted molar refractivity (Wildman–Crippen MR) is 75.0 cm³/mol. The number of fused-ring (bicyclic) bond motifs is 1. The van der Waals surface area contributed by atoms with Gasteiger partial charge in [0.15, 0.2) is 0 Å². The van der Waals surface area contributed by atoms with Crippen LogP contribution >= 0.6 is 11.6 Å². The molecule has 0 aliphatic carbocycles.